The first-order valence-corrected chi connectivity index (χ1v) is 14.3. The zero-order valence-electron chi connectivity index (χ0n) is 22.5. The molecule has 0 N–H and O–H groups in total. The lowest BCUT2D eigenvalue weighted by Crippen LogP contribution is -2.19. The molecule has 0 aromatic heterocycles. The number of rotatable bonds is 32. The van der Waals surface area contributed by atoms with Gasteiger partial charge in [0.2, 0.25) is 0 Å². The number of halogens is 1. The molecule has 0 aromatic carbocycles. The van der Waals surface area contributed by atoms with Crippen LogP contribution in [0.4, 0.5) is 0 Å². The molecule has 0 aliphatic rings. The van der Waals surface area contributed by atoms with Gasteiger partial charge in [0, 0.05) is 11.0 Å². The molecule has 0 spiro atoms. The second-order valence-corrected chi connectivity index (χ2v) is 8.69. The summed E-state index contributed by atoms with van der Waals surface area (Å²) < 4.78 is 55.3. The maximum absolute atomic E-state index is 5.46. The molecule has 0 heterocycles. The first kappa shape index (κ1) is 36.3. The summed E-state index contributed by atoms with van der Waals surface area (Å²) in [5.41, 5.74) is 0. The van der Waals surface area contributed by atoms with Crippen molar-refractivity contribution in [1.29, 1.82) is 0 Å². The van der Waals surface area contributed by atoms with E-state index in [1.54, 1.807) is 0 Å². The second-order valence-electron chi connectivity index (χ2n) is 7.62. The maximum atomic E-state index is 5.46. The summed E-state index contributed by atoms with van der Waals surface area (Å²) in [5, 5.41) is 0. The molecule has 0 aliphatic carbocycles. The highest BCUT2D eigenvalue weighted by Crippen LogP contribution is 1.87. The molecule has 0 rings (SSSR count). The van der Waals surface area contributed by atoms with Crippen LogP contribution in [0.3, 0.4) is 0 Å². The van der Waals surface area contributed by atoms with Crippen molar-refractivity contribution in [2.24, 2.45) is 0 Å². The normalized spacial score (nSPS) is 11.7. The summed E-state index contributed by atoms with van der Waals surface area (Å²) in [6.07, 6.45) is 0. The Balaban J connectivity index is 3.01. The van der Waals surface area contributed by atoms with Crippen molar-refractivity contribution in [3.8, 4) is 0 Å². The Kier molecular flexibility index (Phi) is 33.6. The largest absolute Gasteiger partial charge is 0.378 e. The van der Waals surface area contributed by atoms with E-state index in [9.17, 15) is 0 Å². The Morgan fingerprint density at radius 3 is 0.722 bits per heavy atom. The standard InChI is InChI=1S/C24H50INO10/c1-26(2)4-6-28-8-10-30-12-14-32-16-18-34-20-22-36-24-23-35-21-19-33-17-15-31-13-11-29-9-7-27-5-3-25/h3-24H2,1-2H3. The highest BCUT2D eigenvalue weighted by Gasteiger charge is 1.96. The van der Waals surface area contributed by atoms with Gasteiger partial charge in [0.1, 0.15) is 0 Å². The number of hydrogen-bond donors (Lipinski definition) is 0. The van der Waals surface area contributed by atoms with E-state index in [1.165, 1.54) is 0 Å². The van der Waals surface area contributed by atoms with E-state index < -0.39 is 0 Å². The number of ether oxygens (including phenoxy) is 10. The predicted octanol–water partition coefficient (Wildman–Crippen LogP) is 1.15. The van der Waals surface area contributed by atoms with Crippen molar-refractivity contribution in [2.45, 2.75) is 0 Å². The average molecular weight is 640 g/mol. The Morgan fingerprint density at radius 2 is 0.528 bits per heavy atom. The Bertz CT molecular complexity index is 400. The Morgan fingerprint density at radius 1 is 0.333 bits per heavy atom. The number of hydrogen-bond acceptors (Lipinski definition) is 11. The van der Waals surface area contributed by atoms with Gasteiger partial charge >= 0.3 is 0 Å². The fourth-order valence-corrected chi connectivity index (χ4v) is 2.69. The van der Waals surface area contributed by atoms with Crippen molar-refractivity contribution in [2.75, 3.05) is 157 Å². The minimum atomic E-state index is 0.530. The van der Waals surface area contributed by atoms with Gasteiger partial charge in [0.25, 0.3) is 0 Å². The molecule has 0 saturated carbocycles. The minimum absolute atomic E-state index is 0.530. The van der Waals surface area contributed by atoms with Crippen LogP contribution in [-0.2, 0) is 47.4 Å². The highest BCUT2D eigenvalue weighted by molar-refractivity contribution is 14.1. The molecule has 0 amide bonds. The lowest BCUT2D eigenvalue weighted by Gasteiger charge is -2.10. The van der Waals surface area contributed by atoms with Crippen LogP contribution >= 0.6 is 22.6 Å². The van der Waals surface area contributed by atoms with E-state index in [4.69, 9.17) is 47.4 Å². The van der Waals surface area contributed by atoms with Gasteiger partial charge in [-0.2, -0.15) is 0 Å². The van der Waals surface area contributed by atoms with Crippen LogP contribution in [0.2, 0.25) is 0 Å². The van der Waals surface area contributed by atoms with E-state index in [2.05, 4.69) is 27.5 Å². The van der Waals surface area contributed by atoms with Crippen LogP contribution in [-0.4, -0.2) is 162 Å². The fraction of sp³-hybridized carbons (Fsp3) is 1.00. The summed E-state index contributed by atoms with van der Waals surface area (Å²) in [5.74, 6) is 0. The van der Waals surface area contributed by atoms with E-state index in [-0.39, 0.29) is 0 Å². The van der Waals surface area contributed by atoms with Gasteiger partial charge in [-0.25, -0.2) is 0 Å². The van der Waals surface area contributed by atoms with Crippen LogP contribution in [0, 0.1) is 0 Å². The second kappa shape index (κ2) is 33.3. The number of likely N-dealkylation sites (N-methyl/N-ethyl adjacent to an activating group) is 1. The lowest BCUT2D eigenvalue weighted by molar-refractivity contribution is -0.0263. The lowest BCUT2D eigenvalue weighted by atomic mass is 10.6. The Labute approximate surface area is 231 Å². The molecule has 0 fully saturated rings. The summed E-state index contributed by atoms with van der Waals surface area (Å²) in [4.78, 5) is 2.08. The molecule has 12 heteroatoms. The van der Waals surface area contributed by atoms with E-state index in [0.717, 1.165) is 24.2 Å². The van der Waals surface area contributed by atoms with E-state index in [1.807, 2.05) is 14.1 Å². The van der Waals surface area contributed by atoms with Gasteiger partial charge in [-0.3, -0.25) is 0 Å². The van der Waals surface area contributed by atoms with Crippen molar-refractivity contribution >= 4 is 22.6 Å². The van der Waals surface area contributed by atoms with E-state index in [0.29, 0.717) is 119 Å². The zero-order chi connectivity index (χ0) is 26.2. The van der Waals surface area contributed by atoms with Gasteiger partial charge in [-0.15, -0.1) is 0 Å². The summed E-state index contributed by atoms with van der Waals surface area (Å²) in [6, 6.07) is 0. The number of nitrogens with zero attached hydrogens (tertiary/aromatic N) is 1. The summed E-state index contributed by atoms with van der Waals surface area (Å²) in [7, 11) is 4.04. The van der Waals surface area contributed by atoms with Crippen LogP contribution in [0.15, 0.2) is 0 Å². The van der Waals surface area contributed by atoms with Gasteiger partial charge in [0.05, 0.1) is 132 Å². The van der Waals surface area contributed by atoms with Gasteiger partial charge in [-0.05, 0) is 14.1 Å². The van der Waals surface area contributed by atoms with Crippen LogP contribution < -0.4 is 0 Å². The third kappa shape index (κ3) is 34.3. The smallest absolute Gasteiger partial charge is 0.0701 e. The van der Waals surface area contributed by atoms with Crippen molar-refractivity contribution in [3.63, 3.8) is 0 Å². The third-order valence-corrected chi connectivity index (χ3v) is 4.69. The third-order valence-electron chi connectivity index (χ3n) is 4.25. The SMILES string of the molecule is CN(C)CCOCCOCCOCCOCCOCCOCCOCCOCCOCCOCCI. The molecule has 0 atom stereocenters. The average Bonchev–Trinajstić information content (AvgIpc) is 2.87. The number of alkyl halides is 1. The molecule has 218 valence electrons. The molecular formula is C24H50INO10. The molecule has 0 unspecified atom stereocenters. The Hall–Kier alpha value is 0.290. The highest BCUT2D eigenvalue weighted by atomic mass is 127. The molecule has 0 aromatic rings. The van der Waals surface area contributed by atoms with Crippen LogP contribution in [0.5, 0.6) is 0 Å². The fourth-order valence-electron chi connectivity index (χ4n) is 2.38. The predicted molar refractivity (Wildman–Crippen MR) is 146 cm³/mol. The van der Waals surface area contributed by atoms with Crippen LogP contribution in [0.1, 0.15) is 0 Å². The molecular weight excluding hydrogens is 589 g/mol. The molecule has 36 heavy (non-hydrogen) atoms. The zero-order valence-corrected chi connectivity index (χ0v) is 24.6. The molecule has 0 bridgehead atoms. The van der Waals surface area contributed by atoms with Crippen LogP contribution in [0.25, 0.3) is 0 Å². The first-order chi connectivity index (χ1) is 17.8. The summed E-state index contributed by atoms with van der Waals surface area (Å²) in [6.45, 7) is 12.4. The monoisotopic (exact) mass is 639 g/mol. The maximum Gasteiger partial charge on any atom is 0.0701 e. The topological polar surface area (TPSA) is 95.5 Å². The van der Waals surface area contributed by atoms with Crippen molar-refractivity contribution in [3.05, 3.63) is 0 Å². The summed E-state index contributed by atoms with van der Waals surface area (Å²) >= 11 is 2.28. The molecule has 0 aliphatic heterocycles. The first-order valence-electron chi connectivity index (χ1n) is 12.8. The molecule has 11 nitrogen and oxygen atoms in total. The van der Waals surface area contributed by atoms with E-state index >= 15 is 0 Å². The molecule has 0 saturated heterocycles. The van der Waals surface area contributed by atoms with Gasteiger partial charge in [0.15, 0.2) is 0 Å². The van der Waals surface area contributed by atoms with Gasteiger partial charge in [-0.1, -0.05) is 22.6 Å². The van der Waals surface area contributed by atoms with Crippen molar-refractivity contribution < 1.29 is 47.4 Å². The van der Waals surface area contributed by atoms with Gasteiger partial charge < -0.3 is 52.3 Å². The molecule has 0 radical (unpaired) electrons. The minimum Gasteiger partial charge on any atom is -0.378 e. The quantitative estimate of drug-likeness (QED) is 0.0603. The van der Waals surface area contributed by atoms with Crippen molar-refractivity contribution in [1.82, 2.24) is 4.90 Å².